The number of nitrogens with zero attached hydrogens (tertiary/aromatic N) is 2. The van der Waals surface area contributed by atoms with Crippen LogP contribution in [0.1, 0.15) is 37.0 Å². The zero-order chi connectivity index (χ0) is 27.5. The summed E-state index contributed by atoms with van der Waals surface area (Å²) in [6.07, 6.45) is 0.689. The number of aromatic hydroxyl groups is 1. The maximum atomic E-state index is 13.9. The van der Waals surface area contributed by atoms with E-state index >= 15 is 0 Å². The Morgan fingerprint density at radius 3 is 2.32 bits per heavy atom. The summed E-state index contributed by atoms with van der Waals surface area (Å²) in [5.74, 6) is -5.67. The number of ketones is 2. The van der Waals surface area contributed by atoms with Crippen molar-refractivity contribution in [2.45, 2.75) is 45.3 Å². The Kier molecular flexibility index (Phi) is 6.85. The molecule has 0 radical (unpaired) electrons. The Morgan fingerprint density at radius 2 is 1.78 bits per heavy atom. The Balaban J connectivity index is 1.90. The summed E-state index contributed by atoms with van der Waals surface area (Å²) in [5.41, 5.74) is 7.24. The predicted molar refractivity (Wildman–Crippen MR) is 139 cm³/mol. The Bertz CT molecular complexity index is 1250. The Morgan fingerprint density at radius 1 is 1.14 bits per heavy atom. The van der Waals surface area contributed by atoms with Gasteiger partial charge in [-0.2, -0.15) is 0 Å². The second-order valence-electron chi connectivity index (χ2n) is 11.0. The van der Waals surface area contributed by atoms with Crippen molar-refractivity contribution in [3.63, 3.8) is 0 Å². The fourth-order valence-electron chi connectivity index (χ4n) is 6.22. The highest BCUT2D eigenvalue weighted by atomic mass is 16.3. The van der Waals surface area contributed by atoms with E-state index in [4.69, 9.17) is 5.73 Å². The molecule has 3 aliphatic carbocycles. The van der Waals surface area contributed by atoms with Gasteiger partial charge < -0.3 is 31.3 Å². The molecule has 0 aliphatic heterocycles. The van der Waals surface area contributed by atoms with E-state index in [0.717, 1.165) is 11.3 Å². The lowest BCUT2D eigenvalue weighted by atomic mass is 9.59. The number of primary amides is 1. The lowest BCUT2D eigenvalue weighted by Gasteiger charge is -2.46. The lowest BCUT2D eigenvalue weighted by Crippen LogP contribution is -2.55. The molecule has 3 unspecified atom stereocenters. The summed E-state index contributed by atoms with van der Waals surface area (Å²) >= 11 is 0. The van der Waals surface area contributed by atoms with Crippen molar-refractivity contribution >= 4 is 28.9 Å². The van der Waals surface area contributed by atoms with E-state index in [1.807, 2.05) is 38.9 Å². The highest BCUT2D eigenvalue weighted by Gasteiger charge is 2.55. The molecule has 3 aliphatic rings. The normalized spacial score (nSPS) is 25.4. The number of allylic oxidation sites excluding steroid dienone is 1. The van der Waals surface area contributed by atoms with Gasteiger partial charge in [0.05, 0.1) is 17.5 Å². The Labute approximate surface area is 216 Å². The highest BCUT2D eigenvalue weighted by Crippen LogP contribution is 2.52. The fraction of sp³-hybridized carbons (Fsp3) is 0.519. The number of phenols is 1. The van der Waals surface area contributed by atoms with Crippen molar-refractivity contribution in [3.05, 3.63) is 39.7 Å². The number of aliphatic hydroxyl groups is 2. The standard InChI is InChI=1S/C27H36N4O6/c1-11(2)29-10-13-9-16(30(3)4)14-7-12-8-15-19(24(34)17(12)23(33)18(14)22(13)32)25(35)20(27(28)37)26(36)21(15)31(5)6/h9,11-12,15,19,21,29,32-33,36H,7-8,10H2,1-6H3,(H2,28,37)/t12?,15?,19?,21-/m1/s1. The number of amides is 1. The van der Waals surface area contributed by atoms with Crippen LogP contribution < -0.4 is 16.0 Å². The van der Waals surface area contributed by atoms with Gasteiger partial charge in [-0.25, -0.2) is 0 Å². The number of hydrogen-bond acceptors (Lipinski definition) is 9. The van der Waals surface area contributed by atoms with Crippen LogP contribution in [0.4, 0.5) is 5.69 Å². The van der Waals surface area contributed by atoms with Crippen molar-refractivity contribution in [1.82, 2.24) is 10.2 Å². The van der Waals surface area contributed by atoms with E-state index in [2.05, 4.69) is 5.32 Å². The van der Waals surface area contributed by atoms with Gasteiger partial charge in [-0.1, -0.05) is 13.8 Å². The molecule has 0 saturated heterocycles. The zero-order valence-corrected chi connectivity index (χ0v) is 22.1. The summed E-state index contributed by atoms with van der Waals surface area (Å²) in [6.45, 7) is 4.33. The molecular weight excluding hydrogens is 476 g/mol. The number of fused-ring (bicyclic) bond motifs is 3. The average Bonchev–Trinajstić information content (AvgIpc) is 2.77. The van der Waals surface area contributed by atoms with Gasteiger partial charge in [0.25, 0.3) is 5.91 Å². The molecule has 4 atom stereocenters. The molecule has 200 valence electrons. The van der Waals surface area contributed by atoms with E-state index in [-0.39, 0.29) is 28.7 Å². The Hall–Kier alpha value is -3.37. The summed E-state index contributed by atoms with van der Waals surface area (Å²) in [6, 6.07) is 1.29. The van der Waals surface area contributed by atoms with E-state index in [9.17, 15) is 29.7 Å². The second-order valence-corrected chi connectivity index (χ2v) is 11.0. The first-order valence-corrected chi connectivity index (χ1v) is 12.5. The maximum absolute atomic E-state index is 13.9. The van der Waals surface area contributed by atoms with Gasteiger partial charge in [0, 0.05) is 43.5 Å². The van der Waals surface area contributed by atoms with Crippen LogP contribution >= 0.6 is 0 Å². The van der Waals surface area contributed by atoms with Gasteiger partial charge in [-0.3, -0.25) is 19.3 Å². The number of carbonyl (C=O) groups excluding carboxylic acids is 3. The van der Waals surface area contributed by atoms with Crippen LogP contribution in [0.2, 0.25) is 0 Å². The number of anilines is 1. The average molecular weight is 513 g/mol. The third kappa shape index (κ3) is 4.18. The van der Waals surface area contributed by atoms with Crippen LogP contribution in [-0.4, -0.2) is 78.0 Å². The molecule has 37 heavy (non-hydrogen) atoms. The predicted octanol–water partition coefficient (Wildman–Crippen LogP) is 1.41. The molecule has 6 N–H and O–H groups in total. The molecule has 1 aromatic rings. The first kappa shape index (κ1) is 26.7. The third-order valence-electron chi connectivity index (χ3n) is 7.80. The first-order valence-electron chi connectivity index (χ1n) is 12.5. The molecule has 0 aromatic heterocycles. The molecular formula is C27H36N4O6. The van der Waals surface area contributed by atoms with Gasteiger partial charge in [0.1, 0.15) is 22.8 Å². The molecule has 0 heterocycles. The van der Waals surface area contributed by atoms with Crippen molar-refractivity contribution in [3.8, 4) is 5.75 Å². The number of hydrogen-bond donors (Lipinski definition) is 5. The maximum Gasteiger partial charge on any atom is 0.255 e. The van der Waals surface area contributed by atoms with Gasteiger partial charge in [0.15, 0.2) is 11.6 Å². The molecule has 10 heteroatoms. The van der Waals surface area contributed by atoms with Gasteiger partial charge in [0.2, 0.25) is 0 Å². The minimum Gasteiger partial charge on any atom is -0.510 e. The molecule has 10 nitrogen and oxygen atoms in total. The van der Waals surface area contributed by atoms with Crippen molar-refractivity contribution in [1.29, 1.82) is 0 Å². The largest absolute Gasteiger partial charge is 0.510 e. The molecule has 4 rings (SSSR count). The number of likely N-dealkylation sites (N-methyl/N-ethyl adjacent to an activating group) is 1. The van der Waals surface area contributed by atoms with E-state index in [1.165, 1.54) is 0 Å². The molecule has 1 amide bonds. The van der Waals surface area contributed by atoms with Crippen molar-refractivity contribution < 1.29 is 29.7 Å². The van der Waals surface area contributed by atoms with Gasteiger partial charge >= 0.3 is 0 Å². The number of benzene rings is 1. The number of carbonyl (C=O) groups is 3. The number of nitrogens with two attached hydrogens (primary N) is 1. The van der Waals surface area contributed by atoms with E-state index < -0.39 is 52.6 Å². The van der Waals surface area contributed by atoms with Crippen molar-refractivity contribution in [2.75, 3.05) is 33.1 Å². The second kappa shape index (κ2) is 9.50. The molecule has 0 bridgehead atoms. The highest BCUT2D eigenvalue weighted by molar-refractivity contribution is 6.28. The van der Waals surface area contributed by atoms with Crippen LogP contribution in [0.5, 0.6) is 5.75 Å². The number of rotatable bonds is 6. The van der Waals surface area contributed by atoms with Crippen LogP contribution in [0.15, 0.2) is 23.0 Å². The van der Waals surface area contributed by atoms with E-state index in [0.29, 0.717) is 24.9 Å². The molecule has 0 spiro atoms. The topological polar surface area (TPSA) is 156 Å². The summed E-state index contributed by atoms with van der Waals surface area (Å²) in [7, 11) is 7.15. The quantitative estimate of drug-likeness (QED) is 0.281. The molecule has 1 fully saturated rings. The lowest BCUT2D eigenvalue weighted by molar-refractivity contribution is -0.136. The van der Waals surface area contributed by atoms with Crippen LogP contribution in [-0.2, 0) is 27.3 Å². The van der Waals surface area contributed by atoms with E-state index in [1.54, 1.807) is 19.0 Å². The van der Waals surface area contributed by atoms with Gasteiger partial charge in [-0.15, -0.1) is 0 Å². The van der Waals surface area contributed by atoms with Gasteiger partial charge in [-0.05, 0) is 50.4 Å². The number of Topliss-reactive ketones (excluding diaryl/α,β-unsaturated/α-hetero) is 2. The number of nitrogens with one attached hydrogen (secondary N) is 1. The fourth-order valence-corrected chi connectivity index (χ4v) is 6.22. The van der Waals surface area contributed by atoms with Crippen LogP contribution in [0.3, 0.4) is 0 Å². The molecule has 1 aromatic carbocycles. The molecule has 1 saturated carbocycles. The number of phenolic OH excluding ortho intramolecular Hbond substituents is 1. The van der Waals surface area contributed by atoms with Crippen molar-refractivity contribution in [2.24, 2.45) is 23.5 Å². The first-order chi connectivity index (χ1) is 17.3. The monoisotopic (exact) mass is 512 g/mol. The zero-order valence-electron chi connectivity index (χ0n) is 22.1. The van der Waals surface area contributed by atoms with Crippen LogP contribution in [0.25, 0.3) is 5.76 Å². The minimum atomic E-state index is -1.26. The third-order valence-corrected chi connectivity index (χ3v) is 7.80. The summed E-state index contributed by atoms with van der Waals surface area (Å²) in [5, 5.41) is 36.8. The SMILES string of the molecule is CC(C)NCc1cc(N(C)C)c2c(c1O)C(O)=C1C(=O)C3C(=O)C(C(N)=O)=C(O)[C@H](N(C)C)C3CC1C2. The number of aliphatic hydroxyl groups excluding tert-OH is 2. The minimum absolute atomic E-state index is 0.0822. The smallest absolute Gasteiger partial charge is 0.255 e. The summed E-state index contributed by atoms with van der Waals surface area (Å²) < 4.78 is 0. The summed E-state index contributed by atoms with van der Waals surface area (Å²) in [4.78, 5) is 42.8. The van der Waals surface area contributed by atoms with Crippen LogP contribution in [0, 0.1) is 17.8 Å².